The van der Waals surface area contributed by atoms with Gasteiger partial charge in [-0.25, -0.2) is 0 Å². The Hall–Kier alpha value is -2.82. The number of carbonyl (C=O) groups is 2. The van der Waals surface area contributed by atoms with Gasteiger partial charge in [0.05, 0.1) is 0 Å². The third-order valence-electron chi connectivity index (χ3n) is 4.98. The topological polar surface area (TPSA) is 58.6 Å². The van der Waals surface area contributed by atoms with E-state index in [0.717, 1.165) is 11.1 Å². The van der Waals surface area contributed by atoms with Gasteiger partial charge in [-0.15, -0.1) is 0 Å². The maximum atomic E-state index is 13.0. The molecule has 29 heavy (non-hydrogen) atoms. The average molecular weight is 397 g/mol. The first-order valence-corrected chi connectivity index (χ1v) is 10.1. The van der Waals surface area contributed by atoms with Crippen LogP contribution in [0.3, 0.4) is 0 Å². The lowest BCUT2D eigenvalue weighted by atomic mass is 10.0. The van der Waals surface area contributed by atoms with Gasteiger partial charge < -0.3 is 15.0 Å². The molecule has 0 radical (unpaired) electrons. The monoisotopic (exact) mass is 396 g/mol. The zero-order valence-electron chi connectivity index (χ0n) is 18.1. The Morgan fingerprint density at radius 3 is 2.34 bits per heavy atom. The number of nitrogens with zero attached hydrogens (tertiary/aromatic N) is 1. The van der Waals surface area contributed by atoms with E-state index in [-0.39, 0.29) is 18.4 Å². The SMILES string of the molecule is CC[C@H](C(=O)NC)N(Cc1cccc(C)c1)C(=O)COc1ccc(C(C)C)cc1. The predicted octanol–water partition coefficient (Wildman–Crippen LogP) is 4.05. The fourth-order valence-electron chi connectivity index (χ4n) is 3.27. The van der Waals surface area contributed by atoms with E-state index in [1.54, 1.807) is 11.9 Å². The Kier molecular flexibility index (Phi) is 8.25. The fraction of sp³-hybridized carbons (Fsp3) is 0.417. The second-order valence-corrected chi connectivity index (χ2v) is 7.56. The van der Waals surface area contributed by atoms with Gasteiger partial charge in [-0.2, -0.15) is 0 Å². The van der Waals surface area contributed by atoms with Gasteiger partial charge in [-0.05, 0) is 42.5 Å². The van der Waals surface area contributed by atoms with Crippen LogP contribution in [-0.2, 0) is 16.1 Å². The molecular formula is C24H32N2O3. The second kappa shape index (κ2) is 10.6. The van der Waals surface area contributed by atoms with E-state index < -0.39 is 6.04 Å². The van der Waals surface area contributed by atoms with Crippen LogP contribution in [0, 0.1) is 6.92 Å². The van der Waals surface area contributed by atoms with E-state index >= 15 is 0 Å². The summed E-state index contributed by atoms with van der Waals surface area (Å²) >= 11 is 0. The van der Waals surface area contributed by atoms with E-state index in [0.29, 0.717) is 24.6 Å². The summed E-state index contributed by atoms with van der Waals surface area (Å²) in [5.41, 5.74) is 3.32. The number of rotatable bonds is 9. The Labute approximate surface area is 174 Å². The molecule has 2 aromatic carbocycles. The van der Waals surface area contributed by atoms with Crippen LogP contribution < -0.4 is 10.1 Å². The molecule has 0 fully saturated rings. The van der Waals surface area contributed by atoms with Crippen molar-refractivity contribution in [2.24, 2.45) is 0 Å². The van der Waals surface area contributed by atoms with Gasteiger partial charge in [0.1, 0.15) is 11.8 Å². The molecule has 0 saturated carbocycles. The molecule has 0 heterocycles. The molecule has 0 aliphatic heterocycles. The highest BCUT2D eigenvalue weighted by Gasteiger charge is 2.28. The molecule has 0 aliphatic carbocycles. The number of hydrogen-bond donors (Lipinski definition) is 1. The zero-order valence-corrected chi connectivity index (χ0v) is 18.1. The van der Waals surface area contributed by atoms with Crippen molar-refractivity contribution in [3.8, 4) is 5.75 Å². The quantitative estimate of drug-likeness (QED) is 0.696. The average Bonchev–Trinajstić information content (AvgIpc) is 2.71. The third-order valence-corrected chi connectivity index (χ3v) is 4.98. The summed E-state index contributed by atoms with van der Waals surface area (Å²) < 4.78 is 5.73. The number of amides is 2. The molecule has 0 aliphatic rings. The summed E-state index contributed by atoms with van der Waals surface area (Å²) in [5.74, 6) is 0.698. The molecule has 156 valence electrons. The Balaban J connectivity index is 2.15. The molecular weight excluding hydrogens is 364 g/mol. The highest BCUT2D eigenvalue weighted by atomic mass is 16.5. The molecule has 0 aromatic heterocycles. The number of benzene rings is 2. The van der Waals surface area contributed by atoms with Gasteiger partial charge in [-0.1, -0.05) is 62.7 Å². The van der Waals surface area contributed by atoms with Crippen LogP contribution in [0.1, 0.15) is 49.8 Å². The molecule has 0 bridgehead atoms. The van der Waals surface area contributed by atoms with Crippen molar-refractivity contribution >= 4 is 11.8 Å². The van der Waals surface area contributed by atoms with E-state index in [1.807, 2.05) is 62.4 Å². The van der Waals surface area contributed by atoms with Gasteiger partial charge in [0.25, 0.3) is 5.91 Å². The van der Waals surface area contributed by atoms with Crippen molar-refractivity contribution in [1.29, 1.82) is 0 Å². The minimum atomic E-state index is -0.542. The summed E-state index contributed by atoms with van der Waals surface area (Å²) in [6, 6.07) is 15.2. The smallest absolute Gasteiger partial charge is 0.261 e. The van der Waals surface area contributed by atoms with E-state index in [9.17, 15) is 9.59 Å². The molecule has 0 unspecified atom stereocenters. The van der Waals surface area contributed by atoms with Gasteiger partial charge in [0.2, 0.25) is 5.91 Å². The first-order valence-electron chi connectivity index (χ1n) is 10.1. The maximum Gasteiger partial charge on any atom is 0.261 e. The first-order chi connectivity index (χ1) is 13.8. The van der Waals surface area contributed by atoms with Crippen molar-refractivity contribution in [1.82, 2.24) is 10.2 Å². The number of hydrogen-bond acceptors (Lipinski definition) is 3. The Morgan fingerprint density at radius 1 is 1.10 bits per heavy atom. The molecule has 0 saturated heterocycles. The minimum Gasteiger partial charge on any atom is -0.484 e. The lowest BCUT2D eigenvalue weighted by Gasteiger charge is -2.30. The van der Waals surface area contributed by atoms with E-state index in [2.05, 4.69) is 19.2 Å². The number of ether oxygens (including phenoxy) is 1. The van der Waals surface area contributed by atoms with Crippen LogP contribution >= 0.6 is 0 Å². The van der Waals surface area contributed by atoms with Crippen LogP contribution in [-0.4, -0.2) is 36.4 Å². The summed E-state index contributed by atoms with van der Waals surface area (Å²) in [6.07, 6.45) is 0.528. The van der Waals surface area contributed by atoms with Crippen LogP contribution in [0.15, 0.2) is 48.5 Å². The van der Waals surface area contributed by atoms with Crippen LogP contribution in [0.25, 0.3) is 0 Å². The van der Waals surface area contributed by atoms with Gasteiger partial charge in [-0.3, -0.25) is 9.59 Å². The van der Waals surface area contributed by atoms with Crippen molar-refractivity contribution in [2.45, 2.75) is 52.6 Å². The van der Waals surface area contributed by atoms with Gasteiger partial charge in [0, 0.05) is 13.6 Å². The summed E-state index contributed by atoms with van der Waals surface area (Å²) in [6.45, 7) is 8.43. The largest absolute Gasteiger partial charge is 0.484 e. The van der Waals surface area contributed by atoms with E-state index in [4.69, 9.17) is 4.74 Å². The lowest BCUT2D eigenvalue weighted by molar-refractivity contribution is -0.142. The van der Waals surface area contributed by atoms with Crippen molar-refractivity contribution in [2.75, 3.05) is 13.7 Å². The number of likely N-dealkylation sites (N-methyl/N-ethyl adjacent to an activating group) is 1. The molecule has 5 heteroatoms. The standard InChI is InChI=1S/C24H32N2O3/c1-6-22(24(28)25-5)26(15-19-9-7-8-18(4)14-19)23(27)16-29-21-12-10-20(11-13-21)17(2)3/h7-14,17,22H,6,15-16H2,1-5H3,(H,25,28)/t22-/m1/s1. The number of nitrogens with one attached hydrogen (secondary N) is 1. The normalized spacial score (nSPS) is 11.8. The second-order valence-electron chi connectivity index (χ2n) is 7.56. The van der Waals surface area contributed by atoms with Gasteiger partial charge >= 0.3 is 0 Å². The van der Waals surface area contributed by atoms with Crippen molar-refractivity contribution < 1.29 is 14.3 Å². The highest BCUT2D eigenvalue weighted by Crippen LogP contribution is 2.19. The fourth-order valence-corrected chi connectivity index (χ4v) is 3.27. The molecule has 1 atom stereocenters. The van der Waals surface area contributed by atoms with Crippen LogP contribution in [0.2, 0.25) is 0 Å². The Morgan fingerprint density at radius 2 is 1.79 bits per heavy atom. The summed E-state index contributed by atoms with van der Waals surface area (Å²) in [4.78, 5) is 27.0. The summed E-state index contributed by atoms with van der Waals surface area (Å²) in [5, 5.41) is 2.67. The first kappa shape index (κ1) is 22.5. The minimum absolute atomic E-state index is 0.111. The molecule has 5 nitrogen and oxygen atoms in total. The lowest BCUT2D eigenvalue weighted by Crippen LogP contribution is -2.49. The molecule has 1 N–H and O–H groups in total. The van der Waals surface area contributed by atoms with E-state index in [1.165, 1.54) is 5.56 Å². The highest BCUT2D eigenvalue weighted by molar-refractivity contribution is 5.88. The zero-order chi connectivity index (χ0) is 21.4. The number of carbonyl (C=O) groups excluding carboxylic acids is 2. The molecule has 2 rings (SSSR count). The van der Waals surface area contributed by atoms with Crippen molar-refractivity contribution in [3.63, 3.8) is 0 Å². The molecule has 0 spiro atoms. The molecule has 2 aromatic rings. The van der Waals surface area contributed by atoms with Crippen molar-refractivity contribution in [3.05, 3.63) is 65.2 Å². The predicted molar refractivity (Wildman–Crippen MR) is 116 cm³/mol. The van der Waals surface area contributed by atoms with Gasteiger partial charge in [0.15, 0.2) is 6.61 Å². The van der Waals surface area contributed by atoms with Crippen LogP contribution in [0.4, 0.5) is 0 Å². The third kappa shape index (κ3) is 6.34. The maximum absolute atomic E-state index is 13.0. The van der Waals surface area contributed by atoms with Crippen LogP contribution in [0.5, 0.6) is 5.75 Å². The summed E-state index contributed by atoms with van der Waals surface area (Å²) in [7, 11) is 1.59. The Bertz CT molecular complexity index is 815. The molecule has 2 amide bonds. The number of aryl methyl sites for hydroxylation is 1.